The minimum atomic E-state index is 0.0122. The molecule has 2 fully saturated rings. The zero-order valence-electron chi connectivity index (χ0n) is 6.15. The van der Waals surface area contributed by atoms with Crippen LogP contribution in [0.4, 0.5) is 0 Å². The van der Waals surface area contributed by atoms with Crippen LogP contribution >= 0.6 is 0 Å². The molecule has 58 valence electrons. The molecule has 1 unspecified atom stereocenters. The molecule has 0 saturated carbocycles. The first-order chi connectivity index (χ1) is 4.91. The largest absolute Gasteiger partial charge is 0.358 e. The Kier molecular flexibility index (Phi) is 1.64. The van der Waals surface area contributed by atoms with Crippen LogP contribution in [0.2, 0.25) is 0 Å². The second-order valence-electron chi connectivity index (χ2n) is 3.05. The Labute approximate surface area is 61.1 Å². The fraction of sp³-hybridized carbons (Fsp3) is 1.00. The highest BCUT2D eigenvalue weighted by atomic mass is 16.5. The van der Waals surface area contributed by atoms with Gasteiger partial charge in [-0.3, -0.25) is 5.32 Å². The molecule has 0 amide bonds. The number of morpholine rings is 1. The summed E-state index contributed by atoms with van der Waals surface area (Å²) in [5.41, 5.74) is 0.0122. The molecule has 1 atom stereocenters. The molecule has 10 heavy (non-hydrogen) atoms. The summed E-state index contributed by atoms with van der Waals surface area (Å²) in [4.78, 5) is 0. The molecule has 0 aliphatic carbocycles. The van der Waals surface area contributed by atoms with Crippen LogP contribution in [0, 0.1) is 0 Å². The van der Waals surface area contributed by atoms with Crippen molar-refractivity contribution in [3.8, 4) is 0 Å². The highest BCUT2D eigenvalue weighted by molar-refractivity contribution is 4.88. The van der Waals surface area contributed by atoms with E-state index in [9.17, 15) is 0 Å². The molecule has 3 heteroatoms. The molecule has 3 nitrogen and oxygen atoms in total. The van der Waals surface area contributed by atoms with Crippen LogP contribution in [0.3, 0.4) is 0 Å². The lowest BCUT2D eigenvalue weighted by molar-refractivity contribution is -0.0763. The van der Waals surface area contributed by atoms with E-state index in [1.54, 1.807) is 0 Å². The first-order valence-corrected chi connectivity index (χ1v) is 4.01. The van der Waals surface area contributed by atoms with Crippen molar-refractivity contribution in [3.63, 3.8) is 0 Å². The highest BCUT2D eigenvalue weighted by Crippen LogP contribution is 2.21. The number of hydrogen-bond acceptors (Lipinski definition) is 3. The molecule has 2 N–H and O–H groups in total. The van der Waals surface area contributed by atoms with Crippen molar-refractivity contribution in [3.05, 3.63) is 0 Å². The third-order valence-electron chi connectivity index (χ3n) is 2.27. The lowest BCUT2D eigenvalue weighted by Crippen LogP contribution is -2.55. The van der Waals surface area contributed by atoms with E-state index in [-0.39, 0.29) is 5.72 Å². The Balaban J connectivity index is 1.98. The molecule has 2 saturated heterocycles. The Bertz CT molecular complexity index is 113. The molecular weight excluding hydrogens is 128 g/mol. The van der Waals surface area contributed by atoms with Gasteiger partial charge in [0.05, 0.1) is 6.61 Å². The average Bonchev–Trinajstić information content (AvgIpc) is 2.39. The Morgan fingerprint density at radius 1 is 1.30 bits per heavy atom. The summed E-state index contributed by atoms with van der Waals surface area (Å²) < 4.78 is 5.65. The summed E-state index contributed by atoms with van der Waals surface area (Å²) in [6, 6.07) is 0. The van der Waals surface area contributed by atoms with Gasteiger partial charge in [-0.1, -0.05) is 0 Å². The molecule has 2 heterocycles. The van der Waals surface area contributed by atoms with Gasteiger partial charge in [0.2, 0.25) is 0 Å². The van der Waals surface area contributed by atoms with Crippen molar-refractivity contribution in [2.45, 2.75) is 18.6 Å². The number of ether oxygens (including phenoxy) is 1. The maximum absolute atomic E-state index is 5.65. The summed E-state index contributed by atoms with van der Waals surface area (Å²) in [6.07, 6.45) is 2.42. The minimum absolute atomic E-state index is 0.0122. The van der Waals surface area contributed by atoms with E-state index >= 15 is 0 Å². The molecule has 0 radical (unpaired) electrons. The van der Waals surface area contributed by atoms with Crippen LogP contribution in [0.5, 0.6) is 0 Å². The zero-order chi connectivity index (χ0) is 6.86. The van der Waals surface area contributed by atoms with E-state index in [0.29, 0.717) is 0 Å². The highest BCUT2D eigenvalue weighted by Gasteiger charge is 2.35. The van der Waals surface area contributed by atoms with Crippen LogP contribution in [-0.2, 0) is 4.74 Å². The van der Waals surface area contributed by atoms with Crippen LogP contribution in [0.15, 0.2) is 0 Å². The van der Waals surface area contributed by atoms with Crippen LogP contribution in [0.1, 0.15) is 12.8 Å². The van der Waals surface area contributed by atoms with Gasteiger partial charge >= 0.3 is 0 Å². The van der Waals surface area contributed by atoms with Gasteiger partial charge in [-0.2, -0.15) is 0 Å². The third kappa shape index (κ3) is 1.05. The van der Waals surface area contributed by atoms with Gasteiger partial charge < -0.3 is 10.1 Å². The van der Waals surface area contributed by atoms with Crippen molar-refractivity contribution in [2.75, 3.05) is 26.2 Å². The molecule has 0 aromatic heterocycles. The fourth-order valence-corrected chi connectivity index (χ4v) is 1.71. The van der Waals surface area contributed by atoms with Crippen molar-refractivity contribution in [1.29, 1.82) is 0 Å². The Morgan fingerprint density at radius 2 is 2.30 bits per heavy atom. The summed E-state index contributed by atoms with van der Waals surface area (Å²) in [7, 11) is 0. The topological polar surface area (TPSA) is 33.3 Å². The number of hydrogen-bond donors (Lipinski definition) is 2. The van der Waals surface area contributed by atoms with Crippen LogP contribution < -0.4 is 10.6 Å². The summed E-state index contributed by atoms with van der Waals surface area (Å²) in [5.74, 6) is 0. The van der Waals surface area contributed by atoms with E-state index in [0.717, 1.165) is 26.2 Å². The standard InChI is InChI=1S/C7H14N2O/c1-2-7(9-3-1)6-8-4-5-10-7/h8-9H,1-6H2. The van der Waals surface area contributed by atoms with E-state index in [1.165, 1.54) is 12.8 Å². The predicted octanol–water partition coefficient (Wildman–Crippen LogP) is -0.314. The van der Waals surface area contributed by atoms with Gasteiger partial charge in [0.15, 0.2) is 0 Å². The van der Waals surface area contributed by atoms with E-state index in [2.05, 4.69) is 10.6 Å². The van der Waals surface area contributed by atoms with Gasteiger partial charge in [-0.25, -0.2) is 0 Å². The molecule has 0 aromatic rings. The molecule has 1 spiro atoms. The van der Waals surface area contributed by atoms with Crippen molar-refractivity contribution < 1.29 is 4.74 Å². The van der Waals surface area contributed by atoms with E-state index in [1.807, 2.05) is 0 Å². The smallest absolute Gasteiger partial charge is 0.131 e. The monoisotopic (exact) mass is 142 g/mol. The molecule has 2 aliphatic rings. The lowest BCUT2D eigenvalue weighted by atomic mass is 10.1. The normalized spacial score (nSPS) is 40.8. The molecule has 2 aliphatic heterocycles. The quantitative estimate of drug-likeness (QED) is 0.486. The molecule has 0 bridgehead atoms. The summed E-state index contributed by atoms with van der Waals surface area (Å²) in [5, 5.41) is 6.72. The molecule has 2 rings (SSSR count). The second-order valence-corrected chi connectivity index (χ2v) is 3.05. The zero-order valence-corrected chi connectivity index (χ0v) is 6.15. The Morgan fingerprint density at radius 3 is 2.90 bits per heavy atom. The lowest BCUT2D eigenvalue weighted by Gasteiger charge is -2.34. The second kappa shape index (κ2) is 2.49. The maximum Gasteiger partial charge on any atom is 0.131 e. The number of nitrogens with one attached hydrogen (secondary N) is 2. The minimum Gasteiger partial charge on any atom is -0.358 e. The Hall–Kier alpha value is -0.120. The van der Waals surface area contributed by atoms with Gasteiger partial charge in [0, 0.05) is 13.1 Å². The van der Waals surface area contributed by atoms with Crippen LogP contribution in [-0.4, -0.2) is 32.0 Å². The first kappa shape index (κ1) is 6.58. The fourth-order valence-electron chi connectivity index (χ4n) is 1.71. The van der Waals surface area contributed by atoms with Gasteiger partial charge in [0.1, 0.15) is 5.72 Å². The third-order valence-corrected chi connectivity index (χ3v) is 2.27. The molecule has 0 aromatic carbocycles. The van der Waals surface area contributed by atoms with E-state index in [4.69, 9.17) is 4.74 Å². The van der Waals surface area contributed by atoms with Gasteiger partial charge in [-0.05, 0) is 19.4 Å². The predicted molar refractivity (Wildman–Crippen MR) is 38.8 cm³/mol. The first-order valence-electron chi connectivity index (χ1n) is 4.01. The SMILES string of the molecule is C1CNC2(C1)CNCCO2. The summed E-state index contributed by atoms with van der Waals surface area (Å²) >= 11 is 0. The molecular formula is C7H14N2O. The van der Waals surface area contributed by atoms with Gasteiger partial charge in [0.25, 0.3) is 0 Å². The van der Waals surface area contributed by atoms with Crippen LogP contribution in [0.25, 0.3) is 0 Å². The van der Waals surface area contributed by atoms with E-state index < -0.39 is 0 Å². The number of rotatable bonds is 0. The van der Waals surface area contributed by atoms with Crippen molar-refractivity contribution >= 4 is 0 Å². The van der Waals surface area contributed by atoms with Crippen molar-refractivity contribution in [2.24, 2.45) is 0 Å². The average molecular weight is 142 g/mol. The van der Waals surface area contributed by atoms with Gasteiger partial charge in [-0.15, -0.1) is 0 Å². The van der Waals surface area contributed by atoms with Crippen molar-refractivity contribution in [1.82, 2.24) is 10.6 Å². The summed E-state index contributed by atoms with van der Waals surface area (Å²) in [6.45, 7) is 3.95. The maximum atomic E-state index is 5.65.